The van der Waals surface area contributed by atoms with Gasteiger partial charge in [-0.05, 0) is 101 Å². The van der Waals surface area contributed by atoms with Crippen LogP contribution >= 0.6 is 34.7 Å². The van der Waals surface area contributed by atoms with E-state index >= 15 is 0 Å². The molecule has 22 heteroatoms. The molecular weight excluding hydrogens is 952 g/mol. The Kier molecular flexibility index (Phi) is 21.1. The number of ether oxygens (including phenoxy) is 2. The van der Waals surface area contributed by atoms with Crippen LogP contribution in [0.3, 0.4) is 0 Å². The summed E-state index contributed by atoms with van der Waals surface area (Å²) in [7, 11) is 0. The smallest absolute Gasteiger partial charge is 0.414 e. The van der Waals surface area contributed by atoms with Crippen LogP contribution in [-0.2, 0) is 33.4 Å². The quantitative estimate of drug-likeness (QED) is 0.0422. The van der Waals surface area contributed by atoms with Crippen LogP contribution in [0.25, 0.3) is 0 Å². The van der Waals surface area contributed by atoms with E-state index in [4.69, 9.17) is 21.1 Å². The van der Waals surface area contributed by atoms with E-state index in [1.54, 1.807) is 41.3 Å². The number of rotatable bonds is 29. The summed E-state index contributed by atoms with van der Waals surface area (Å²) in [4.78, 5) is 103. The number of amides is 8. The molecule has 1 aromatic heterocycles. The Morgan fingerprint density at radius 1 is 0.768 bits per heavy atom. The van der Waals surface area contributed by atoms with Gasteiger partial charge in [0.2, 0.25) is 17.7 Å². The molecule has 6 atom stereocenters. The first kappa shape index (κ1) is 53.2. The number of thioether (sulfide) groups is 1. The fourth-order valence-electron chi connectivity index (χ4n) is 8.79. The molecule has 378 valence electrons. The highest BCUT2D eigenvalue weighted by atomic mass is 35.5. The molecule has 6 rings (SSSR count). The number of nitrogens with zero attached hydrogens (tertiary/aromatic N) is 2. The number of carbonyl (C=O) groups excluding carboxylic acids is 7. The lowest BCUT2D eigenvalue weighted by atomic mass is 9.96. The van der Waals surface area contributed by atoms with Crippen molar-refractivity contribution in [1.29, 1.82) is 0 Å². The van der Waals surface area contributed by atoms with Crippen molar-refractivity contribution in [3.8, 4) is 0 Å². The average molecular weight is 1020 g/mol. The Hall–Kier alpha value is -5.12. The Balaban J connectivity index is 0.755. The number of hydrogen-bond acceptors (Lipinski definition) is 12. The molecule has 2 aromatic rings. The van der Waals surface area contributed by atoms with E-state index in [1.807, 2.05) is 11.8 Å². The van der Waals surface area contributed by atoms with Gasteiger partial charge in [0, 0.05) is 67.8 Å². The van der Waals surface area contributed by atoms with Crippen LogP contribution in [0.1, 0.15) is 106 Å². The molecule has 4 aliphatic heterocycles. The molecule has 2 unspecified atom stereocenters. The van der Waals surface area contributed by atoms with E-state index in [-0.39, 0.29) is 86.6 Å². The van der Waals surface area contributed by atoms with Gasteiger partial charge in [-0.25, -0.2) is 9.59 Å². The van der Waals surface area contributed by atoms with Crippen LogP contribution in [0, 0.1) is 5.92 Å². The third-order valence-corrected chi connectivity index (χ3v) is 15.3. The molecule has 69 heavy (non-hydrogen) atoms. The fourth-order valence-corrected chi connectivity index (χ4v) is 11.3. The number of carbonyl (C=O) groups is 8. The van der Waals surface area contributed by atoms with E-state index in [0.717, 1.165) is 68.5 Å². The summed E-state index contributed by atoms with van der Waals surface area (Å²) < 4.78 is 11.7. The summed E-state index contributed by atoms with van der Waals surface area (Å²) in [6, 6.07) is 10.5. The van der Waals surface area contributed by atoms with Crippen molar-refractivity contribution in [2.45, 2.75) is 126 Å². The first-order chi connectivity index (χ1) is 33.3. The Bertz CT molecular complexity index is 2100. The molecule has 19 nitrogen and oxygen atoms in total. The van der Waals surface area contributed by atoms with Gasteiger partial charge in [-0.3, -0.25) is 33.7 Å². The third kappa shape index (κ3) is 16.8. The first-order valence-corrected chi connectivity index (χ1v) is 26.3. The summed E-state index contributed by atoms with van der Waals surface area (Å²) in [5.41, 5.74) is 1.19. The van der Waals surface area contributed by atoms with Crippen LogP contribution in [-0.4, -0.2) is 134 Å². The van der Waals surface area contributed by atoms with Gasteiger partial charge in [-0.15, -0.1) is 11.3 Å². The molecule has 8 amide bonds. The maximum absolute atomic E-state index is 13.4. The minimum atomic E-state index is -1.08. The molecule has 5 heterocycles. The van der Waals surface area contributed by atoms with Gasteiger partial charge < -0.3 is 51.4 Å². The number of urea groups is 1. The van der Waals surface area contributed by atoms with Crippen molar-refractivity contribution in [3.63, 3.8) is 0 Å². The minimum Gasteiger partial charge on any atom is -0.481 e. The van der Waals surface area contributed by atoms with Crippen molar-refractivity contribution < 1.29 is 52.9 Å². The van der Waals surface area contributed by atoms with Crippen molar-refractivity contribution in [2.24, 2.45) is 5.92 Å². The van der Waals surface area contributed by atoms with Crippen molar-refractivity contribution in [1.82, 2.24) is 31.9 Å². The molecular formula is C47H65ClN8O11S2. The summed E-state index contributed by atoms with van der Waals surface area (Å²) in [6.45, 7) is 2.48. The normalized spacial score (nSPS) is 21.2. The second-order valence-corrected chi connectivity index (χ2v) is 20.7. The lowest BCUT2D eigenvalue weighted by Crippen LogP contribution is -2.48. The van der Waals surface area contributed by atoms with Gasteiger partial charge in [0.1, 0.15) is 12.2 Å². The lowest BCUT2D eigenvalue weighted by molar-refractivity contribution is -0.144. The number of unbranched alkanes of at least 4 members (excludes halogenated alkanes) is 5. The Morgan fingerprint density at radius 3 is 2.09 bits per heavy atom. The SMILES string of the molecule is O=C(CCCCCNC(=O)CCCC[C@@H]1SC[C@@H]2NC(=O)N[C@@H]21)NCCCCCNC(=O)CC(CCCC1OCCN(c2ccc(N3C[C@H](CNC(=O)c4ccc(Cl)s4)OC3=O)cc2)C1=O)C(=O)O. The number of morpholine rings is 1. The third-order valence-electron chi connectivity index (χ3n) is 12.6. The predicted octanol–water partition coefficient (Wildman–Crippen LogP) is 4.95. The number of carboxylic acids is 1. The summed E-state index contributed by atoms with van der Waals surface area (Å²) in [5.74, 6) is -1.94. The molecule has 0 saturated carbocycles. The van der Waals surface area contributed by atoms with E-state index in [9.17, 15) is 43.5 Å². The number of aliphatic carboxylic acids is 1. The van der Waals surface area contributed by atoms with Crippen molar-refractivity contribution in [2.75, 3.05) is 61.4 Å². The number of fused-ring (bicyclic) bond motifs is 1. The number of benzene rings is 1. The second-order valence-electron chi connectivity index (χ2n) is 17.8. The number of cyclic esters (lactones) is 1. The van der Waals surface area contributed by atoms with E-state index in [2.05, 4.69) is 31.9 Å². The van der Waals surface area contributed by atoms with Crippen LogP contribution in [0.15, 0.2) is 36.4 Å². The highest BCUT2D eigenvalue weighted by Crippen LogP contribution is 2.33. The number of thiophene rings is 1. The van der Waals surface area contributed by atoms with Gasteiger partial charge in [-0.2, -0.15) is 11.8 Å². The van der Waals surface area contributed by atoms with Crippen molar-refractivity contribution >= 4 is 93.7 Å². The number of hydrogen-bond donors (Lipinski definition) is 7. The van der Waals surface area contributed by atoms with Crippen LogP contribution in [0.4, 0.5) is 21.0 Å². The zero-order valence-corrected chi connectivity index (χ0v) is 41.2. The lowest BCUT2D eigenvalue weighted by Gasteiger charge is -2.33. The zero-order chi connectivity index (χ0) is 49.1. The van der Waals surface area contributed by atoms with Gasteiger partial charge in [-0.1, -0.05) is 24.4 Å². The Morgan fingerprint density at radius 2 is 1.42 bits per heavy atom. The molecule has 4 aliphatic rings. The second kappa shape index (κ2) is 27.3. The van der Waals surface area contributed by atoms with Gasteiger partial charge in [0.25, 0.3) is 11.8 Å². The monoisotopic (exact) mass is 1020 g/mol. The number of anilines is 2. The Labute approximate surface area is 415 Å². The van der Waals surface area contributed by atoms with Gasteiger partial charge in [0.15, 0.2) is 0 Å². The number of carboxylic acid groups (broad SMARTS) is 1. The van der Waals surface area contributed by atoms with Gasteiger partial charge >= 0.3 is 18.1 Å². The molecule has 7 N–H and O–H groups in total. The van der Waals surface area contributed by atoms with E-state index in [0.29, 0.717) is 77.7 Å². The largest absolute Gasteiger partial charge is 0.481 e. The minimum absolute atomic E-state index is 0.0138. The van der Waals surface area contributed by atoms with Gasteiger partial charge in [0.05, 0.1) is 46.9 Å². The van der Waals surface area contributed by atoms with Crippen LogP contribution < -0.4 is 41.7 Å². The average Bonchev–Trinajstić information content (AvgIpc) is 4.12. The van der Waals surface area contributed by atoms with Crippen LogP contribution in [0.5, 0.6) is 0 Å². The zero-order valence-electron chi connectivity index (χ0n) is 38.8. The summed E-state index contributed by atoms with van der Waals surface area (Å²) in [6.07, 6.45) is 7.06. The van der Waals surface area contributed by atoms with Crippen molar-refractivity contribution in [3.05, 3.63) is 45.6 Å². The molecule has 0 aliphatic carbocycles. The topological polar surface area (TPSA) is 254 Å². The fraction of sp³-hybridized carbons (Fsp3) is 0.617. The summed E-state index contributed by atoms with van der Waals surface area (Å²) in [5, 5.41) is 27.6. The van der Waals surface area contributed by atoms with E-state index < -0.39 is 30.2 Å². The maximum atomic E-state index is 13.4. The highest BCUT2D eigenvalue weighted by Gasteiger charge is 2.42. The number of halogens is 1. The molecule has 4 fully saturated rings. The number of nitrogens with one attached hydrogen (secondary N) is 6. The predicted molar refractivity (Wildman–Crippen MR) is 263 cm³/mol. The van der Waals surface area contributed by atoms with E-state index in [1.165, 1.54) is 4.90 Å². The molecule has 0 radical (unpaired) electrons. The summed E-state index contributed by atoms with van der Waals surface area (Å²) >= 11 is 8.96. The van der Waals surface area contributed by atoms with Crippen LogP contribution in [0.2, 0.25) is 4.34 Å². The standard InChI is InChI=1S/C47H65ClN8O11S2/c48-38-20-19-37(69-38)43(60)52-27-33-28-56(47(65)67-33)32-17-15-31(16-18-32)55-24-25-66-35(44(55)61)11-9-10-30(45(62)63)26-41(59)51-23-8-2-7-22-50-39(57)13-3-1-6-21-49-40(58)14-5-4-12-36-42-34(29-68-36)53-46(64)54-42/h15-20,30,33-36,42H,1-14,21-29H2,(H,49,58)(H,50,57)(H,51,59)(H,52,60)(H,62,63)(H2,53,54,64)/t30?,33-,34-,35?,36-,42-/m0/s1. The molecule has 0 spiro atoms. The molecule has 0 bridgehead atoms. The first-order valence-electron chi connectivity index (χ1n) is 24.1. The highest BCUT2D eigenvalue weighted by molar-refractivity contribution is 8.00. The molecule has 4 saturated heterocycles. The maximum Gasteiger partial charge on any atom is 0.414 e. The molecule has 1 aromatic carbocycles.